The molecule has 5 heteroatoms. The number of amides is 1. The fraction of sp³-hybridized carbons (Fsp3) is 0.600. The van der Waals surface area contributed by atoms with E-state index in [1.165, 1.54) is 7.11 Å². The lowest BCUT2D eigenvalue weighted by molar-refractivity contribution is 0.121. The van der Waals surface area contributed by atoms with Gasteiger partial charge in [0.1, 0.15) is 0 Å². The summed E-state index contributed by atoms with van der Waals surface area (Å²) in [4.78, 5) is 17.4. The topological polar surface area (TPSA) is 42.4 Å². The van der Waals surface area contributed by atoms with Crippen LogP contribution in [0.3, 0.4) is 0 Å². The van der Waals surface area contributed by atoms with E-state index in [2.05, 4.69) is 4.98 Å². The number of thiazole rings is 1. The van der Waals surface area contributed by atoms with Crippen LogP contribution in [0, 0.1) is 0 Å². The van der Waals surface area contributed by atoms with E-state index in [0.29, 0.717) is 12.6 Å². The van der Waals surface area contributed by atoms with Crippen LogP contribution in [0.5, 0.6) is 0 Å². The summed E-state index contributed by atoms with van der Waals surface area (Å²) in [5.41, 5.74) is 0. The van der Waals surface area contributed by atoms with Crippen LogP contribution in [0.4, 0.5) is 4.79 Å². The van der Waals surface area contributed by atoms with E-state index in [-0.39, 0.29) is 6.09 Å². The fourth-order valence-corrected chi connectivity index (χ4v) is 2.13. The summed E-state index contributed by atoms with van der Waals surface area (Å²) in [5, 5.41) is 3.03. The molecule has 0 radical (unpaired) electrons. The van der Waals surface area contributed by atoms with Gasteiger partial charge >= 0.3 is 6.09 Å². The number of carbonyl (C=O) groups is 1. The lowest BCUT2D eigenvalue weighted by Crippen LogP contribution is -2.34. The first-order valence-electron chi connectivity index (χ1n) is 5.04. The molecule has 0 spiro atoms. The van der Waals surface area contributed by atoms with Gasteiger partial charge in [-0.1, -0.05) is 0 Å². The number of hydrogen-bond donors (Lipinski definition) is 0. The molecular weight excluding hydrogens is 212 g/mol. The first-order chi connectivity index (χ1) is 7.31. The van der Waals surface area contributed by atoms with Crippen molar-refractivity contribution in [2.45, 2.75) is 25.3 Å². The molecule has 1 fully saturated rings. The zero-order valence-corrected chi connectivity index (χ0v) is 9.50. The van der Waals surface area contributed by atoms with E-state index < -0.39 is 0 Å². The Bertz CT molecular complexity index is 322. The average molecular weight is 226 g/mol. The molecule has 1 aliphatic rings. The molecule has 1 aromatic heterocycles. The van der Waals surface area contributed by atoms with Gasteiger partial charge in [0, 0.05) is 30.6 Å². The van der Waals surface area contributed by atoms with Crippen molar-refractivity contribution in [3.63, 3.8) is 0 Å². The van der Waals surface area contributed by atoms with Gasteiger partial charge in [0.15, 0.2) is 0 Å². The Morgan fingerprint density at radius 1 is 1.73 bits per heavy atom. The zero-order chi connectivity index (χ0) is 10.7. The van der Waals surface area contributed by atoms with Crippen LogP contribution in [0.1, 0.15) is 17.8 Å². The SMILES string of the molecule is COC(=O)N(CCc1nccs1)C1CC1. The van der Waals surface area contributed by atoms with E-state index in [0.717, 1.165) is 24.3 Å². The predicted molar refractivity (Wildman–Crippen MR) is 58.0 cm³/mol. The van der Waals surface area contributed by atoms with E-state index in [9.17, 15) is 4.79 Å². The Morgan fingerprint density at radius 2 is 2.53 bits per heavy atom. The zero-order valence-electron chi connectivity index (χ0n) is 8.68. The number of nitrogens with zero attached hydrogens (tertiary/aromatic N) is 2. The highest BCUT2D eigenvalue weighted by molar-refractivity contribution is 7.09. The summed E-state index contributed by atoms with van der Waals surface area (Å²) in [6.07, 6.45) is 4.61. The van der Waals surface area contributed by atoms with Crippen LogP contribution in [0.2, 0.25) is 0 Å². The minimum Gasteiger partial charge on any atom is -0.453 e. The number of rotatable bonds is 4. The molecule has 0 aromatic carbocycles. The Morgan fingerprint density at radius 3 is 3.07 bits per heavy atom. The van der Waals surface area contributed by atoms with Crippen LogP contribution >= 0.6 is 11.3 Å². The van der Waals surface area contributed by atoms with Gasteiger partial charge in [-0.05, 0) is 12.8 Å². The summed E-state index contributed by atoms with van der Waals surface area (Å²) in [6.45, 7) is 0.713. The number of hydrogen-bond acceptors (Lipinski definition) is 4. The summed E-state index contributed by atoms with van der Waals surface area (Å²) in [5.74, 6) is 0. The van der Waals surface area contributed by atoms with Gasteiger partial charge < -0.3 is 9.64 Å². The van der Waals surface area contributed by atoms with Gasteiger partial charge in [-0.15, -0.1) is 11.3 Å². The van der Waals surface area contributed by atoms with Gasteiger partial charge in [0.25, 0.3) is 0 Å². The fourth-order valence-electron chi connectivity index (χ4n) is 1.52. The second-order valence-corrected chi connectivity index (χ2v) is 4.55. The third kappa shape index (κ3) is 2.68. The highest BCUT2D eigenvalue weighted by atomic mass is 32.1. The Labute approximate surface area is 92.9 Å². The predicted octanol–water partition coefficient (Wildman–Crippen LogP) is 1.92. The van der Waals surface area contributed by atoms with Crippen LogP contribution in [0.25, 0.3) is 0 Å². The third-order valence-corrected chi connectivity index (χ3v) is 3.29. The van der Waals surface area contributed by atoms with Crippen molar-refractivity contribution in [2.24, 2.45) is 0 Å². The van der Waals surface area contributed by atoms with Crippen molar-refractivity contribution >= 4 is 17.4 Å². The van der Waals surface area contributed by atoms with E-state index >= 15 is 0 Å². The molecule has 82 valence electrons. The minimum atomic E-state index is -0.214. The van der Waals surface area contributed by atoms with E-state index in [1.54, 1.807) is 22.4 Å². The lowest BCUT2D eigenvalue weighted by atomic mass is 10.4. The Balaban J connectivity index is 1.87. The third-order valence-electron chi connectivity index (χ3n) is 2.45. The van der Waals surface area contributed by atoms with Gasteiger partial charge in [-0.25, -0.2) is 9.78 Å². The van der Waals surface area contributed by atoms with Gasteiger partial charge in [-0.2, -0.15) is 0 Å². The van der Waals surface area contributed by atoms with E-state index in [1.807, 2.05) is 5.38 Å². The van der Waals surface area contributed by atoms with E-state index in [4.69, 9.17) is 4.74 Å². The van der Waals surface area contributed by atoms with Crippen LogP contribution in [0.15, 0.2) is 11.6 Å². The molecule has 0 saturated heterocycles. The summed E-state index contributed by atoms with van der Waals surface area (Å²) < 4.78 is 4.75. The monoisotopic (exact) mass is 226 g/mol. The van der Waals surface area contributed by atoms with Crippen molar-refractivity contribution in [1.29, 1.82) is 0 Å². The molecular formula is C10H14N2O2S. The number of ether oxygens (including phenoxy) is 1. The molecule has 0 unspecified atom stereocenters. The lowest BCUT2D eigenvalue weighted by Gasteiger charge is -2.19. The highest BCUT2D eigenvalue weighted by Gasteiger charge is 2.32. The molecule has 1 aromatic rings. The molecule has 0 N–H and O–H groups in total. The van der Waals surface area contributed by atoms with Gasteiger partial charge in [-0.3, -0.25) is 0 Å². The summed E-state index contributed by atoms with van der Waals surface area (Å²) in [7, 11) is 1.43. The molecule has 1 amide bonds. The van der Waals surface area contributed by atoms with Crippen molar-refractivity contribution in [2.75, 3.05) is 13.7 Å². The van der Waals surface area contributed by atoms with Crippen molar-refractivity contribution in [3.05, 3.63) is 16.6 Å². The average Bonchev–Trinajstić information content (AvgIpc) is 2.95. The van der Waals surface area contributed by atoms with Crippen molar-refractivity contribution in [3.8, 4) is 0 Å². The van der Waals surface area contributed by atoms with Crippen molar-refractivity contribution in [1.82, 2.24) is 9.88 Å². The number of methoxy groups -OCH3 is 1. The second-order valence-electron chi connectivity index (χ2n) is 3.57. The molecule has 1 heterocycles. The Kier molecular flexibility index (Phi) is 3.20. The molecule has 0 bridgehead atoms. The van der Waals surface area contributed by atoms with Crippen LogP contribution < -0.4 is 0 Å². The van der Waals surface area contributed by atoms with Crippen molar-refractivity contribution < 1.29 is 9.53 Å². The number of carbonyl (C=O) groups excluding carboxylic acids is 1. The largest absolute Gasteiger partial charge is 0.453 e. The molecule has 1 saturated carbocycles. The van der Waals surface area contributed by atoms with Gasteiger partial charge in [0.2, 0.25) is 0 Å². The second kappa shape index (κ2) is 4.61. The summed E-state index contributed by atoms with van der Waals surface area (Å²) >= 11 is 1.63. The first-order valence-corrected chi connectivity index (χ1v) is 5.92. The maximum Gasteiger partial charge on any atom is 0.409 e. The normalized spacial score (nSPS) is 15.0. The summed E-state index contributed by atoms with van der Waals surface area (Å²) in [6, 6.07) is 0.400. The molecule has 0 atom stereocenters. The van der Waals surface area contributed by atoms with Crippen LogP contribution in [-0.4, -0.2) is 35.7 Å². The minimum absolute atomic E-state index is 0.214. The number of aromatic nitrogens is 1. The Hall–Kier alpha value is -1.10. The quantitative estimate of drug-likeness (QED) is 0.787. The molecule has 15 heavy (non-hydrogen) atoms. The highest BCUT2D eigenvalue weighted by Crippen LogP contribution is 2.27. The molecule has 1 aliphatic carbocycles. The molecule has 0 aliphatic heterocycles. The maximum absolute atomic E-state index is 11.4. The standard InChI is InChI=1S/C10H14N2O2S/c1-14-10(13)12(8-2-3-8)6-4-9-11-5-7-15-9/h5,7-8H,2-4,6H2,1H3. The van der Waals surface area contributed by atoms with Crippen LogP contribution in [-0.2, 0) is 11.2 Å². The smallest absolute Gasteiger partial charge is 0.409 e. The van der Waals surface area contributed by atoms with Gasteiger partial charge in [0.05, 0.1) is 12.1 Å². The molecule has 4 nitrogen and oxygen atoms in total. The molecule has 2 rings (SSSR count). The first kappa shape index (κ1) is 10.4. The maximum atomic E-state index is 11.4.